The summed E-state index contributed by atoms with van der Waals surface area (Å²) in [5.74, 6) is 0. The topological polar surface area (TPSA) is 50.7 Å². The van der Waals surface area contributed by atoms with Gasteiger partial charge in [-0.25, -0.2) is 0 Å². The highest BCUT2D eigenvalue weighted by Crippen LogP contribution is 2.24. The van der Waals surface area contributed by atoms with Gasteiger partial charge in [-0.05, 0) is 39.5 Å². The fourth-order valence-electron chi connectivity index (χ4n) is 1.95. The second-order valence-electron chi connectivity index (χ2n) is 5.38. The summed E-state index contributed by atoms with van der Waals surface area (Å²) in [6, 6.07) is 0.625. The molecule has 1 aliphatic carbocycles. The first-order valence-electron chi connectivity index (χ1n) is 6.59. The van der Waals surface area contributed by atoms with Crippen molar-refractivity contribution >= 4 is 0 Å². The molecule has 2 N–H and O–H groups in total. The van der Waals surface area contributed by atoms with Gasteiger partial charge >= 0.3 is 0 Å². The smallest absolute Gasteiger partial charge is 0.0780 e. The number of methoxy groups -OCH3 is 1. The van der Waals surface area contributed by atoms with Crippen molar-refractivity contribution in [2.45, 2.75) is 57.2 Å². The van der Waals surface area contributed by atoms with Crippen molar-refractivity contribution in [3.05, 3.63) is 0 Å². The number of aliphatic hydroxyl groups is 1. The molecule has 0 aromatic carbocycles. The molecule has 4 heteroatoms. The average molecular weight is 245 g/mol. The molecule has 4 nitrogen and oxygen atoms in total. The summed E-state index contributed by atoms with van der Waals surface area (Å²) in [4.78, 5) is 0. The Balaban J connectivity index is 2.09. The molecule has 0 aromatic rings. The van der Waals surface area contributed by atoms with Crippen LogP contribution in [0.5, 0.6) is 0 Å². The maximum absolute atomic E-state index is 9.43. The minimum absolute atomic E-state index is 0.144. The molecule has 0 amide bonds. The minimum atomic E-state index is -0.144. The Labute approximate surface area is 105 Å². The van der Waals surface area contributed by atoms with E-state index in [0.717, 1.165) is 19.4 Å². The van der Waals surface area contributed by atoms with Crippen molar-refractivity contribution in [2.75, 3.05) is 26.9 Å². The Hall–Kier alpha value is -0.160. The molecule has 0 heterocycles. The highest BCUT2D eigenvalue weighted by Gasteiger charge is 2.31. The molecule has 0 bridgehead atoms. The summed E-state index contributed by atoms with van der Waals surface area (Å²) in [7, 11) is 1.68. The Bertz CT molecular complexity index is 209. The third kappa shape index (κ3) is 6.36. The summed E-state index contributed by atoms with van der Waals surface area (Å²) in [6.07, 6.45) is 4.55. The molecular formula is C13H27NO3. The molecule has 2 unspecified atom stereocenters. The quantitative estimate of drug-likeness (QED) is 0.570. The lowest BCUT2D eigenvalue weighted by atomic mass is 9.97. The lowest BCUT2D eigenvalue weighted by molar-refractivity contribution is 0.00468. The van der Waals surface area contributed by atoms with Gasteiger partial charge < -0.3 is 19.9 Å². The van der Waals surface area contributed by atoms with Crippen molar-refractivity contribution in [1.82, 2.24) is 5.32 Å². The third-order valence-electron chi connectivity index (χ3n) is 3.16. The monoisotopic (exact) mass is 245 g/mol. The van der Waals surface area contributed by atoms with Crippen LogP contribution in [0, 0.1) is 0 Å². The molecule has 1 saturated carbocycles. The normalized spacial score (nSPS) is 21.2. The minimum Gasteiger partial charge on any atom is -0.394 e. The van der Waals surface area contributed by atoms with Crippen LogP contribution < -0.4 is 5.32 Å². The van der Waals surface area contributed by atoms with Gasteiger partial charge in [-0.15, -0.1) is 0 Å². The van der Waals surface area contributed by atoms with Crippen LogP contribution in [0.25, 0.3) is 0 Å². The van der Waals surface area contributed by atoms with E-state index in [1.165, 1.54) is 12.8 Å². The largest absolute Gasteiger partial charge is 0.394 e. The first-order chi connectivity index (χ1) is 8.09. The number of rotatable bonds is 10. The van der Waals surface area contributed by atoms with Crippen LogP contribution in [0.3, 0.4) is 0 Å². The lowest BCUT2D eigenvalue weighted by Crippen LogP contribution is -2.47. The summed E-state index contributed by atoms with van der Waals surface area (Å²) in [5, 5.41) is 12.9. The molecule has 17 heavy (non-hydrogen) atoms. The number of hydrogen-bond donors (Lipinski definition) is 2. The van der Waals surface area contributed by atoms with Gasteiger partial charge in [0.2, 0.25) is 0 Å². The van der Waals surface area contributed by atoms with E-state index in [0.29, 0.717) is 12.6 Å². The first kappa shape index (κ1) is 14.9. The van der Waals surface area contributed by atoms with Gasteiger partial charge in [-0.2, -0.15) is 0 Å². The van der Waals surface area contributed by atoms with E-state index >= 15 is 0 Å². The maximum atomic E-state index is 9.43. The van der Waals surface area contributed by atoms with Crippen LogP contribution in [0.1, 0.15) is 39.5 Å². The van der Waals surface area contributed by atoms with Crippen LogP contribution in [-0.2, 0) is 9.47 Å². The van der Waals surface area contributed by atoms with Crippen LogP contribution >= 0.6 is 0 Å². The zero-order valence-electron chi connectivity index (χ0n) is 11.4. The molecule has 102 valence electrons. The molecule has 1 fully saturated rings. The number of aliphatic hydroxyl groups excluding tert-OH is 1. The van der Waals surface area contributed by atoms with E-state index < -0.39 is 0 Å². The van der Waals surface area contributed by atoms with Gasteiger partial charge in [0.1, 0.15) is 0 Å². The second-order valence-corrected chi connectivity index (χ2v) is 5.38. The van der Waals surface area contributed by atoms with Gasteiger partial charge in [0.25, 0.3) is 0 Å². The molecule has 0 spiro atoms. The summed E-state index contributed by atoms with van der Waals surface area (Å²) < 4.78 is 10.6. The van der Waals surface area contributed by atoms with E-state index in [4.69, 9.17) is 9.47 Å². The van der Waals surface area contributed by atoms with Crippen LogP contribution in [0.2, 0.25) is 0 Å². The van der Waals surface area contributed by atoms with E-state index in [1.54, 1.807) is 7.11 Å². The number of hydrogen-bond acceptors (Lipinski definition) is 4. The standard InChI is InChI=1S/C13H27NO3/c1-11(9-16-3)17-8-4-7-13(2,10-15)14-12-5-6-12/h11-12,14-15H,4-10H2,1-3H3. The average Bonchev–Trinajstić information content (AvgIpc) is 3.09. The number of ether oxygens (including phenoxy) is 2. The van der Waals surface area contributed by atoms with E-state index in [1.807, 2.05) is 6.92 Å². The fraction of sp³-hybridized carbons (Fsp3) is 1.00. The SMILES string of the molecule is COCC(C)OCCCC(C)(CO)NC1CC1. The van der Waals surface area contributed by atoms with Crippen molar-refractivity contribution in [1.29, 1.82) is 0 Å². The van der Waals surface area contributed by atoms with Crippen LogP contribution in [0.4, 0.5) is 0 Å². The Morgan fingerprint density at radius 1 is 1.47 bits per heavy atom. The van der Waals surface area contributed by atoms with E-state index in [9.17, 15) is 5.11 Å². The molecular weight excluding hydrogens is 218 g/mol. The van der Waals surface area contributed by atoms with Gasteiger partial charge in [0.05, 0.1) is 19.3 Å². The zero-order valence-corrected chi connectivity index (χ0v) is 11.4. The molecule has 1 rings (SSSR count). The predicted octanol–water partition coefficient (Wildman–Crippen LogP) is 1.32. The molecule has 0 aromatic heterocycles. The highest BCUT2D eigenvalue weighted by atomic mass is 16.5. The maximum Gasteiger partial charge on any atom is 0.0780 e. The zero-order chi connectivity index (χ0) is 12.7. The Kier molecular flexibility index (Phi) is 6.41. The summed E-state index contributed by atoms with van der Waals surface area (Å²) >= 11 is 0. The van der Waals surface area contributed by atoms with Crippen molar-refractivity contribution < 1.29 is 14.6 Å². The summed E-state index contributed by atoms with van der Waals surface area (Å²) in [6.45, 7) is 5.66. The predicted molar refractivity (Wildman–Crippen MR) is 68.2 cm³/mol. The Morgan fingerprint density at radius 2 is 2.18 bits per heavy atom. The summed E-state index contributed by atoms with van der Waals surface area (Å²) in [5.41, 5.74) is -0.144. The van der Waals surface area contributed by atoms with Crippen LogP contribution in [-0.4, -0.2) is 49.7 Å². The molecule has 0 saturated heterocycles. The third-order valence-corrected chi connectivity index (χ3v) is 3.16. The molecule has 0 radical (unpaired) electrons. The second kappa shape index (κ2) is 7.31. The first-order valence-corrected chi connectivity index (χ1v) is 6.59. The lowest BCUT2D eigenvalue weighted by Gasteiger charge is -2.29. The fourth-order valence-corrected chi connectivity index (χ4v) is 1.95. The molecule has 0 aliphatic heterocycles. The van der Waals surface area contributed by atoms with E-state index in [2.05, 4.69) is 12.2 Å². The van der Waals surface area contributed by atoms with Crippen LogP contribution in [0.15, 0.2) is 0 Å². The van der Waals surface area contributed by atoms with Gasteiger partial charge in [-0.1, -0.05) is 0 Å². The van der Waals surface area contributed by atoms with Crippen molar-refractivity contribution in [3.8, 4) is 0 Å². The van der Waals surface area contributed by atoms with Gasteiger partial charge in [-0.3, -0.25) is 0 Å². The Morgan fingerprint density at radius 3 is 2.71 bits per heavy atom. The van der Waals surface area contributed by atoms with Crippen molar-refractivity contribution in [2.24, 2.45) is 0 Å². The van der Waals surface area contributed by atoms with Gasteiger partial charge in [0, 0.05) is 25.3 Å². The van der Waals surface area contributed by atoms with E-state index in [-0.39, 0.29) is 18.2 Å². The van der Waals surface area contributed by atoms with Crippen molar-refractivity contribution in [3.63, 3.8) is 0 Å². The van der Waals surface area contributed by atoms with Gasteiger partial charge in [0.15, 0.2) is 0 Å². The molecule has 2 atom stereocenters. The number of nitrogens with one attached hydrogen (secondary N) is 1. The highest BCUT2D eigenvalue weighted by molar-refractivity contribution is 4.92. The molecule has 1 aliphatic rings.